The Morgan fingerprint density at radius 1 is 1.10 bits per heavy atom. The SMILES string of the molecule is CC1CCc2nnc(NC3CCC(n4nc(-n5cncn5)ccc4=O)CC3)cc2C1. The van der Waals surface area contributed by atoms with E-state index < -0.39 is 0 Å². The first-order chi connectivity index (χ1) is 14.7. The number of hydrogen-bond donors (Lipinski definition) is 1. The van der Waals surface area contributed by atoms with Gasteiger partial charge in [-0.15, -0.1) is 10.2 Å². The van der Waals surface area contributed by atoms with Crippen LogP contribution in [0.2, 0.25) is 0 Å². The lowest BCUT2D eigenvalue weighted by Crippen LogP contribution is -2.33. The zero-order valence-corrected chi connectivity index (χ0v) is 17.1. The molecule has 5 rings (SSSR count). The van der Waals surface area contributed by atoms with Gasteiger partial charge in [-0.3, -0.25) is 4.79 Å². The third kappa shape index (κ3) is 3.83. The molecule has 0 amide bonds. The van der Waals surface area contributed by atoms with Crippen molar-refractivity contribution in [3.63, 3.8) is 0 Å². The van der Waals surface area contributed by atoms with Gasteiger partial charge < -0.3 is 5.32 Å². The molecule has 3 aromatic rings. The highest BCUT2D eigenvalue weighted by molar-refractivity contribution is 5.40. The average Bonchev–Trinajstić information content (AvgIpc) is 3.29. The molecule has 0 aliphatic heterocycles. The lowest BCUT2D eigenvalue weighted by molar-refractivity contribution is 0.302. The van der Waals surface area contributed by atoms with Crippen LogP contribution in [0.5, 0.6) is 0 Å². The van der Waals surface area contributed by atoms with Gasteiger partial charge in [0.25, 0.3) is 5.56 Å². The highest BCUT2D eigenvalue weighted by Crippen LogP contribution is 2.30. The maximum absolute atomic E-state index is 12.4. The second kappa shape index (κ2) is 7.97. The summed E-state index contributed by atoms with van der Waals surface area (Å²) in [7, 11) is 0. The predicted octanol–water partition coefficient (Wildman–Crippen LogP) is 2.33. The number of rotatable bonds is 4. The van der Waals surface area contributed by atoms with E-state index in [-0.39, 0.29) is 11.6 Å². The van der Waals surface area contributed by atoms with E-state index in [9.17, 15) is 4.79 Å². The molecule has 156 valence electrons. The average molecular weight is 406 g/mol. The third-order valence-electron chi connectivity index (χ3n) is 6.26. The Hall–Kier alpha value is -3.10. The van der Waals surface area contributed by atoms with Crippen molar-refractivity contribution >= 4 is 5.82 Å². The summed E-state index contributed by atoms with van der Waals surface area (Å²) in [5.74, 6) is 2.18. The topological polar surface area (TPSA) is 103 Å². The van der Waals surface area contributed by atoms with Crippen molar-refractivity contribution in [3.05, 3.63) is 52.5 Å². The van der Waals surface area contributed by atoms with Gasteiger partial charge in [0.15, 0.2) is 5.82 Å². The van der Waals surface area contributed by atoms with Gasteiger partial charge in [-0.2, -0.15) is 10.2 Å². The summed E-state index contributed by atoms with van der Waals surface area (Å²) >= 11 is 0. The fourth-order valence-corrected chi connectivity index (χ4v) is 4.57. The number of nitrogens with zero attached hydrogens (tertiary/aromatic N) is 7. The predicted molar refractivity (Wildman–Crippen MR) is 112 cm³/mol. The summed E-state index contributed by atoms with van der Waals surface area (Å²) in [5.41, 5.74) is 2.41. The van der Waals surface area contributed by atoms with E-state index in [0.29, 0.717) is 17.8 Å². The van der Waals surface area contributed by atoms with E-state index in [4.69, 9.17) is 0 Å². The van der Waals surface area contributed by atoms with E-state index in [0.717, 1.165) is 50.0 Å². The molecule has 3 heterocycles. The standard InChI is InChI=1S/C21H26N8O/c1-14-2-7-18-15(10-14)11-19(26-25-18)24-16-3-5-17(6-4-16)29-21(30)9-8-20(27-29)28-13-22-12-23-28/h8-9,11-14,16-17H,2-7,10H2,1H3,(H,24,26). The zero-order chi connectivity index (χ0) is 20.5. The van der Waals surface area contributed by atoms with Gasteiger partial charge in [0.05, 0.1) is 11.7 Å². The summed E-state index contributed by atoms with van der Waals surface area (Å²) in [4.78, 5) is 16.3. The lowest BCUT2D eigenvalue weighted by Gasteiger charge is -2.30. The monoisotopic (exact) mass is 406 g/mol. The summed E-state index contributed by atoms with van der Waals surface area (Å²) < 4.78 is 3.17. The fourth-order valence-electron chi connectivity index (χ4n) is 4.57. The number of hydrogen-bond acceptors (Lipinski definition) is 7. The van der Waals surface area contributed by atoms with Crippen LogP contribution in [0.1, 0.15) is 56.3 Å². The van der Waals surface area contributed by atoms with Crippen LogP contribution in [0.25, 0.3) is 5.82 Å². The lowest BCUT2D eigenvalue weighted by atomic mass is 9.88. The molecule has 9 heteroatoms. The van der Waals surface area contributed by atoms with Gasteiger partial charge in [0.2, 0.25) is 0 Å². The molecule has 1 fully saturated rings. The van der Waals surface area contributed by atoms with E-state index >= 15 is 0 Å². The van der Waals surface area contributed by atoms with Crippen molar-refractivity contribution in [1.29, 1.82) is 0 Å². The van der Waals surface area contributed by atoms with Crippen LogP contribution in [0, 0.1) is 5.92 Å². The first-order valence-corrected chi connectivity index (χ1v) is 10.7. The fraction of sp³-hybridized carbons (Fsp3) is 0.524. The molecule has 0 spiro atoms. The number of aromatic nitrogens is 7. The van der Waals surface area contributed by atoms with Crippen molar-refractivity contribution in [1.82, 2.24) is 34.7 Å². The maximum Gasteiger partial charge on any atom is 0.267 e. The summed E-state index contributed by atoms with van der Waals surface area (Å²) in [6.45, 7) is 2.30. The molecular formula is C21H26N8O. The number of nitrogens with one attached hydrogen (secondary N) is 1. The van der Waals surface area contributed by atoms with Gasteiger partial charge in [0, 0.05) is 12.1 Å². The maximum atomic E-state index is 12.4. The number of anilines is 1. The Bertz CT molecular complexity index is 1070. The van der Waals surface area contributed by atoms with Crippen LogP contribution in [-0.4, -0.2) is 40.8 Å². The van der Waals surface area contributed by atoms with Crippen molar-refractivity contribution in [2.24, 2.45) is 5.92 Å². The van der Waals surface area contributed by atoms with Gasteiger partial charge in [-0.25, -0.2) is 14.3 Å². The van der Waals surface area contributed by atoms with Crippen LogP contribution < -0.4 is 10.9 Å². The van der Waals surface area contributed by atoms with E-state index in [1.165, 1.54) is 18.3 Å². The van der Waals surface area contributed by atoms with E-state index in [1.54, 1.807) is 27.8 Å². The molecular weight excluding hydrogens is 380 g/mol. The zero-order valence-electron chi connectivity index (χ0n) is 17.1. The minimum Gasteiger partial charge on any atom is -0.366 e. The highest BCUT2D eigenvalue weighted by Gasteiger charge is 2.25. The van der Waals surface area contributed by atoms with Gasteiger partial charge in [-0.05, 0) is 68.6 Å². The van der Waals surface area contributed by atoms with Crippen LogP contribution >= 0.6 is 0 Å². The van der Waals surface area contributed by atoms with Crippen LogP contribution in [0.3, 0.4) is 0 Å². The minimum absolute atomic E-state index is 0.0788. The molecule has 3 aromatic heterocycles. The molecule has 2 aliphatic rings. The van der Waals surface area contributed by atoms with Crippen molar-refractivity contribution in [2.45, 2.75) is 64.0 Å². The van der Waals surface area contributed by atoms with Gasteiger partial charge >= 0.3 is 0 Å². The molecule has 0 aromatic carbocycles. The first kappa shape index (κ1) is 18.9. The molecule has 0 radical (unpaired) electrons. The van der Waals surface area contributed by atoms with Gasteiger partial charge in [-0.1, -0.05) is 6.92 Å². The van der Waals surface area contributed by atoms with Crippen LogP contribution in [0.4, 0.5) is 5.82 Å². The molecule has 1 unspecified atom stereocenters. The van der Waals surface area contributed by atoms with Crippen molar-refractivity contribution in [2.75, 3.05) is 5.32 Å². The molecule has 1 atom stereocenters. The second-order valence-electron chi connectivity index (χ2n) is 8.51. The summed E-state index contributed by atoms with van der Waals surface area (Å²) in [6, 6.07) is 5.84. The molecule has 2 aliphatic carbocycles. The number of aryl methyl sites for hydroxylation is 1. The largest absolute Gasteiger partial charge is 0.366 e. The smallest absolute Gasteiger partial charge is 0.267 e. The Morgan fingerprint density at radius 2 is 1.97 bits per heavy atom. The molecule has 30 heavy (non-hydrogen) atoms. The van der Waals surface area contributed by atoms with Crippen LogP contribution in [0.15, 0.2) is 35.6 Å². The Labute approximate surface area is 174 Å². The Balaban J connectivity index is 1.25. The minimum atomic E-state index is -0.0788. The Kier molecular flexibility index (Phi) is 5.02. The van der Waals surface area contributed by atoms with Crippen molar-refractivity contribution < 1.29 is 0 Å². The third-order valence-corrected chi connectivity index (χ3v) is 6.26. The second-order valence-corrected chi connectivity index (χ2v) is 8.51. The summed E-state index contributed by atoms with van der Waals surface area (Å²) in [5, 5.41) is 21.0. The van der Waals surface area contributed by atoms with Crippen LogP contribution in [-0.2, 0) is 12.8 Å². The summed E-state index contributed by atoms with van der Waals surface area (Å²) in [6.07, 6.45) is 10.1. The highest BCUT2D eigenvalue weighted by atomic mass is 16.1. The Morgan fingerprint density at radius 3 is 2.77 bits per heavy atom. The quantitative estimate of drug-likeness (QED) is 0.709. The van der Waals surface area contributed by atoms with E-state index in [1.807, 2.05) is 0 Å². The van der Waals surface area contributed by atoms with Gasteiger partial charge in [0.1, 0.15) is 18.5 Å². The molecule has 1 saturated carbocycles. The number of fused-ring (bicyclic) bond motifs is 1. The molecule has 0 bridgehead atoms. The molecule has 9 nitrogen and oxygen atoms in total. The normalized spacial score (nSPS) is 23.7. The van der Waals surface area contributed by atoms with Crippen molar-refractivity contribution in [3.8, 4) is 5.82 Å². The molecule has 1 N–H and O–H groups in total. The first-order valence-electron chi connectivity index (χ1n) is 10.7. The van der Waals surface area contributed by atoms with E-state index in [2.05, 4.69) is 43.7 Å². The molecule has 0 saturated heterocycles.